The van der Waals surface area contributed by atoms with Gasteiger partial charge in [0.25, 0.3) is 5.91 Å². The van der Waals surface area contributed by atoms with Crippen molar-refractivity contribution < 1.29 is 48.3 Å². The number of nitrogens with one attached hydrogen (secondary N) is 6. The first-order valence-corrected chi connectivity index (χ1v) is 26.0. The number of aliphatic imine (C=N–C) groups is 2. The molecular weight excluding hydrogens is 949 g/mol. The van der Waals surface area contributed by atoms with E-state index >= 15 is 0 Å². The fraction of sp³-hybridized carbons (Fsp3) is 0.614. The minimum absolute atomic E-state index is 0.00428. The molecule has 386 valence electrons. The largest absolute Gasteiger partial charge is 0.480 e. The number of rotatable bonds is 25. The number of benzene rings is 1. The van der Waals surface area contributed by atoms with Gasteiger partial charge in [0.15, 0.2) is 11.9 Å². The van der Waals surface area contributed by atoms with Gasteiger partial charge in [-0.2, -0.15) is 0 Å². The van der Waals surface area contributed by atoms with E-state index in [1.165, 1.54) is 26.5 Å². The Morgan fingerprint density at radius 3 is 1.83 bits per heavy atom. The maximum absolute atomic E-state index is 14.3. The van der Waals surface area contributed by atoms with Crippen molar-refractivity contribution in [3.05, 3.63) is 35.9 Å². The highest BCUT2D eigenvalue weighted by atomic mass is 33.1. The van der Waals surface area contributed by atoms with Crippen molar-refractivity contribution in [2.45, 2.75) is 132 Å². The van der Waals surface area contributed by atoms with Crippen molar-refractivity contribution in [3.63, 3.8) is 0 Å². The van der Waals surface area contributed by atoms with E-state index in [9.17, 15) is 48.3 Å². The molecule has 1 saturated carbocycles. The quantitative estimate of drug-likeness (QED) is 0.0219. The summed E-state index contributed by atoms with van der Waals surface area (Å²) in [5.74, 6) is -7.04. The molecule has 0 radical (unpaired) electrons. The molecule has 1 aromatic rings. The van der Waals surface area contributed by atoms with Gasteiger partial charge in [-0.15, -0.1) is 0 Å². The number of carbonyl (C=O) groups excluding carboxylic acids is 8. The van der Waals surface area contributed by atoms with Crippen molar-refractivity contribution in [1.29, 1.82) is 0 Å². The van der Waals surface area contributed by atoms with E-state index in [1.54, 1.807) is 30.3 Å². The number of hydrogen-bond acceptors (Lipinski definition) is 13. The molecule has 7 atom stereocenters. The lowest BCUT2D eigenvalue weighted by molar-refractivity contribution is -0.141. The number of likely N-dealkylation sites (tertiary alicyclic amines) is 1. The summed E-state index contributed by atoms with van der Waals surface area (Å²) < 4.78 is 0. The van der Waals surface area contributed by atoms with Gasteiger partial charge in [0.2, 0.25) is 41.4 Å². The molecule has 1 aliphatic carbocycles. The van der Waals surface area contributed by atoms with Crippen LogP contribution in [0.15, 0.2) is 40.3 Å². The molecule has 2 heterocycles. The summed E-state index contributed by atoms with van der Waals surface area (Å²) in [6, 6.07) is -0.0831. The lowest BCUT2D eigenvalue weighted by atomic mass is 9.84. The first-order valence-electron chi connectivity index (χ1n) is 23.5. The molecule has 8 amide bonds. The van der Waals surface area contributed by atoms with E-state index in [0.717, 1.165) is 32.1 Å². The average Bonchev–Trinajstić information content (AvgIpc) is 3.82. The summed E-state index contributed by atoms with van der Waals surface area (Å²) in [6.45, 7) is 0.455. The smallest absolute Gasteiger partial charge is 0.327 e. The number of nitrogens with two attached hydrogens (primary N) is 5. The molecule has 26 heteroatoms. The summed E-state index contributed by atoms with van der Waals surface area (Å²) in [6.07, 6.45) is 5.05. The minimum Gasteiger partial charge on any atom is -0.480 e. The van der Waals surface area contributed by atoms with Crippen molar-refractivity contribution in [2.24, 2.45) is 44.6 Å². The molecule has 17 N–H and O–H groups in total. The van der Waals surface area contributed by atoms with Crippen LogP contribution in [0, 0.1) is 5.92 Å². The molecule has 3 fully saturated rings. The molecule has 3 aliphatic rings. The summed E-state index contributed by atoms with van der Waals surface area (Å²) in [7, 11) is 2.44. The predicted octanol–water partition coefficient (Wildman–Crippen LogP) is -1.98. The number of carboxylic acid groups (broad SMARTS) is 1. The van der Waals surface area contributed by atoms with Crippen LogP contribution in [0.5, 0.6) is 0 Å². The SMILES string of the molecule is NC(=O)CC[C@H](NC(=O)[C@@H](CCCN=C(N)N)NC(=O)[C@@H](CCCN=C(N)N)NC(=O)[C@@H]1CCCN1C(=O)c1ccccc1)C(=O)N[C@@H](CC1CCCCC1)C(=O)N[C@H]1CSSC[C@@H](C(=O)O)NC1=O. The number of amides is 8. The van der Waals surface area contributed by atoms with Crippen molar-refractivity contribution in [3.8, 4) is 0 Å². The van der Waals surface area contributed by atoms with E-state index in [1.807, 2.05) is 0 Å². The monoisotopic (exact) mass is 1020 g/mol. The average molecular weight is 1020 g/mol. The van der Waals surface area contributed by atoms with Crippen LogP contribution in [0.1, 0.15) is 100 Å². The van der Waals surface area contributed by atoms with E-state index in [2.05, 4.69) is 41.9 Å². The van der Waals surface area contributed by atoms with Gasteiger partial charge in [-0.25, -0.2) is 4.79 Å². The van der Waals surface area contributed by atoms with Crippen molar-refractivity contribution in [1.82, 2.24) is 36.8 Å². The Hall–Kier alpha value is -6.31. The summed E-state index contributed by atoms with van der Waals surface area (Å²) in [4.78, 5) is 131. The van der Waals surface area contributed by atoms with Crippen LogP contribution in [0.4, 0.5) is 0 Å². The second-order valence-electron chi connectivity index (χ2n) is 17.4. The zero-order valence-electron chi connectivity index (χ0n) is 39.1. The molecule has 0 bridgehead atoms. The van der Waals surface area contributed by atoms with Crippen molar-refractivity contribution >= 4 is 86.7 Å². The first kappa shape index (κ1) is 56.3. The van der Waals surface area contributed by atoms with Gasteiger partial charge < -0.3 is 70.6 Å². The number of carbonyl (C=O) groups is 9. The molecule has 4 rings (SSSR count). The van der Waals surface area contributed by atoms with Gasteiger partial charge >= 0.3 is 5.97 Å². The molecule has 70 heavy (non-hydrogen) atoms. The van der Waals surface area contributed by atoms with Gasteiger partial charge in [-0.05, 0) is 69.4 Å². The molecule has 1 aromatic carbocycles. The van der Waals surface area contributed by atoms with Gasteiger partial charge in [-0.3, -0.25) is 48.3 Å². The molecule has 24 nitrogen and oxygen atoms in total. The Labute approximate surface area is 414 Å². The fourth-order valence-corrected chi connectivity index (χ4v) is 10.7. The van der Waals surface area contributed by atoms with Gasteiger partial charge in [0.05, 0.1) is 0 Å². The van der Waals surface area contributed by atoms with Crippen molar-refractivity contribution in [2.75, 3.05) is 31.1 Å². The zero-order valence-corrected chi connectivity index (χ0v) is 40.7. The van der Waals surface area contributed by atoms with Crippen LogP contribution in [0.25, 0.3) is 0 Å². The number of primary amides is 1. The van der Waals surface area contributed by atoms with E-state index in [4.69, 9.17) is 28.7 Å². The summed E-state index contributed by atoms with van der Waals surface area (Å²) >= 11 is 0. The number of nitrogens with zero attached hydrogens (tertiary/aromatic N) is 3. The van der Waals surface area contributed by atoms with E-state index < -0.39 is 89.6 Å². The van der Waals surface area contributed by atoms with E-state index in [-0.39, 0.29) is 93.3 Å². The third-order valence-corrected chi connectivity index (χ3v) is 14.5. The van der Waals surface area contributed by atoms with Crippen LogP contribution < -0.4 is 60.6 Å². The lowest BCUT2D eigenvalue weighted by Crippen LogP contribution is -2.60. The third kappa shape index (κ3) is 18.9. The van der Waals surface area contributed by atoms with Crippen LogP contribution in [0.3, 0.4) is 0 Å². The highest BCUT2D eigenvalue weighted by Crippen LogP contribution is 2.29. The Kier molecular flexibility index (Phi) is 23.3. The topological polar surface area (TPSA) is 404 Å². The first-order chi connectivity index (χ1) is 33.4. The van der Waals surface area contributed by atoms with Crippen LogP contribution in [-0.2, 0) is 38.4 Å². The Morgan fingerprint density at radius 1 is 0.700 bits per heavy atom. The molecule has 2 saturated heterocycles. The highest BCUT2D eigenvalue weighted by Gasteiger charge is 2.38. The zero-order chi connectivity index (χ0) is 51.2. The molecule has 0 spiro atoms. The Morgan fingerprint density at radius 2 is 1.26 bits per heavy atom. The van der Waals surface area contributed by atoms with E-state index in [0.29, 0.717) is 24.9 Å². The molecule has 0 unspecified atom stereocenters. The maximum Gasteiger partial charge on any atom is 0.327 e. The third-order valence-electron chi connectivity index (χ3n) is 12.0. The molecule has 2 aliphatic heterocycles. The lowest BCUT2D eigenvalue weighted by Gasteiger charge is -2.30. The van der Waals surface area contributed by atoms with Gasteiger partial charge in [0, 0.05) is 43.1 Å². The second-order valence-corrected chi connectivity index (χ2v) is 20.0. The summed E-state index contributed by atoms with van der Waals surface area (Å²) in [5.41, 5.74) is 28.0. The maximum atomic E-state index is 14.3. The minimum atomic E-state index is -1.47. The van der Waals surface area contributed by atoms with Gasteiger partial charge in [0.1, 0.15) is 42.3 Å². The van der Waals surface area contributed by atoms with Crippen LogP contribution in [0.2, 0.25) is 0 Å². The fourth-order valence-electron chi connectivity index (χ4n) is 8.34. The van der Waals surface area contributed by atoms with Gasteiger partial charge in [-0.1, -0.05) is 71.9 Å². The highest BCUT2D eigenvalue weighted by molar-refractivity contribution is 8.76. The normalized spacial score (nSPS) is 20.0. The number of guanidine groups is 2. The standard InChI is InChI=1S/C44H68N14O10S2/c45-34(59)18-17-29(37(62)55-30(22-25-10-3-1-4-11-25)38(63)56-31-23-69-70-24-32(42(67)68)57-39(31)64)53-35(60)27(14-7-19-50-43(46)47)52-36(61)28(15-8-20-51-44(48)49)54-40(65)33-16-9-21-58(33)41(66)26-12-5-2-6-13-26/h2,5-6,12-13,25,27-33H,1,3-4,7-11,14-24H2,(H2,45,59)(H,52,61)(H,53,60)(H,54,65)(H,55,62)(H,56,63)(H,57,64)(H,67,68)(H4,46,47,50)(H4,48,49,51)/t27-,28-,29+,30+,31+,32+,33+/m1/s1. The Balaban J connectivity index is 1.57. The van der Waals surface area contributed by atoms with Crippen LogP contribution >= 0.6 is 21.6 Å². The van der Waals surface area contributed by atoms with Crippen LogP contribution in [-0.4, -0.2) is 149 Å². The molecule has 0 aromatic heterocycles. The predicted molar refractivity (Wildman–Crippen MR) is 264 cm³/mol. The number of carboxylic acids is 1. The second kappa shape index (κ2) is 29.0. The molecular formula is C44H68N14O10S2. The number of hydrogen-bond donors (Lipinski definition) is 12. The Bertz CT molecular complexity index is 2050. The number of aliphatic carboxylic acids is 1. The summed E-state index contributed by atoms with van der Waals surface area (Å²) in [5, 5.41) is 25.5.